The van der Waals surface area contributed by atoms with Crippen LogP contribution in [0.25, 0.3) is 0 Å². The van der Waals surface area contributed by atoms with E-state index in [2.05, 4.69) is 42.1 Å². The monoisotopic (exact) mass is 269 g/mol. The molecule has 1 N–H and O–H groups in total. The highest BCUT2D eigenvalue weighted by Crippen LogP contribution is 2.14. The van der Waals surface area contributed by atoms with Gasteiger partial charge in [0, 0.05) is 12.2 Å². The Labute approximate surface area is 119 Å². The summed E-state index contributed by atoms with van der Waals surface area (Å²) in [5.41, 5.74) is 5.38. The highest BCUT2D eigenvalue weighted by Gasteiger charge is 2.04. The van der Waals surface area contributed by atoms with E-state index in [9.17, 15) is 4.79 Å². The van der Waals surface area contributed by atoms with E-state index in [0.29, 0.717) is 5.56 Å². The molecule has 2 rings (SSSR count). The Hall–Kier alpha value is -2.29. The van der Waals surface area contributed by atoms with E-state index in [0.717, 1.165) is 12.2 Å². The zero-order valence-electron chi connectivity index (χ0n) is 12.1. The predicted octanol–water partition coefficient (Wildman–Crippen LogP) is 3.70. The number of rotatable bonds is 4. The molecule has 0 aliphatic carbocycles. The van der Waals surface area contributed by atoms with Gasteiger partial charge in [-0.2, -0.15) is 0 Å². The van der Waals surface area contributed by atoms with Gasteiger partial charge in [-0.25, -0.2) is 4.79 Å². The van der Waals surface area contributed by atoms with E-state index >= 15 is 0 Å². The van der Waals surface area contributed by atoms with Gasteiger partial charge < -0.3 is 10.1 Å². The fraction of sp³-hybridized carbons (Fsp3) is 0.235. The van der Waals surface area contributed by atoms with Gasteiger partial charge in [0.05, 0.1) is 12.7 Å². The number of ether oxygens (including phenoxy) is 1. The van der Waals surface area contributed by atoms with Crippen molar-refractivity contribution in [1.82, 2.24) is 0 Å². The van der Waals surface area contributed by atoms with Crippen molar-refractivity contribution >= 4 is 11.7 Å². The van der Waals surface area contributed by atoms with Gasteiger partial charge in [0.25, 0.3) is 0 Å². The van der Waals surface area contributed by atoms with E-state index in [1.165, 1.54) is 23.8 Å². The molecule has 0 unspecified atom stereocenters. The van der Waals surface area contributed by atoms with Crippen LogP contribution in [-0.2, 0) is 11.3 Å². The molecule has 0 atom stereocenters. The fourth-order valence-electron chi connectivity index (χ4n) is 1.96. The number of aryl methyl sites for hydroxylation is 2. The summed E-state index contributed by atoms with van der Waals surface area (Å²) in [6.07, 6.45) is 0. The van der Waals surface area contributed by atoms with Gasteiger partial charge in [-0.05, 0) is 54.8 Å². The van der Waals surface area contributed by atoms with Gasteiger partial charge in [0.1, 0.15) is 0 Å². The summed E-state index contributed by atoms with van der Waals surface area (Å²) in [6, 6.07) is 13.7. The van der Waals surface area contributed by atoms with Gasteiger partial charge in [0.15, 0.2) is 0 Å². The van der Waals surface area contributed by atoms with Crippen molar-refractivity contribution in [2.45, 2.75) is 20.4 Å². The van der Waals surface area contributed by atoms with Crippen molar-refractivity contribution in [2.24, 2.45) is 0 Å². The molecule has 20 heavy (non-hydrogen) atoms. The lowest BCUT2D eigenvalue weighted by Crippen LogP contribution is -2.03. The smallest absolute Gasteiger partial charge is 0.337 e. The molecule has 0 aromatic heterocycles. The molecule has 0 saturated heterocycles. The van der Waals surface area contributed by atoms with Crippen molar-refractivity contribution in [3.8, 4) is 0 Å². The Kier molecular flexibility index (Phi) is 4.41. The van der Waals surface area contributed by atoms with Crippen LogP contribution < -0.4 is 5.32 Å². The molecule has 0 spiro atoms. The highest BCUT2D eigenvalue weighted by atomic mass is 16.5. The number of nitrogens with one attached hydrogen (secondary N) is 1. The van der Waals surface area contributed by atoms with Crippen LogP contribution in [0, 0.1) is 13.8 Å². The molecule has 104 valence electrons. The molecule has 2 aromatic rings. The van der Waals surface area contributed by atoms with E-state index < -0.39 is 0 Å². The van der Waals surface area contributed by atoms with Crippen LogP contribution in [0.5, 0.6) is 0 Å². The van der Waals surface area contributed by atoms with Crippen molar-refractivity contribution in [2.75, 3.05) is 12.4 Å². The fourth-order valence-corrected chi connectivity index (χ4v) is 1.96. The first kappa shape index (κ1) is 14.1. The zero-order valence-corrected chi connectivity index (χ0v) is 12.1. The maximum absolute atomic E-state index is 11.3. The van der Waals surface area contributed by atoms with Crippen molar-refractivity contribution < 1.29 is 9.53 Å². The number of hydrogen-bond donors (Lipinski definition) is 1. The number of anilines is 1. The SMILES string of the molecule is COC(=O)c1ccc(NCc2ccc(C)c(C)c2)cc1. The van der Waals surface area contributed by atoms with Gasteiger partial charge in [-0.1, -0.05) is 18.2 Å². The topological polar surface area (TPSA) is 38.3 Å². The molecule has 0 bridgehead atoms. The summed E-state index contributed by atoms with van der Waals surface area (Å²) in [5.74, 6) is -0.314. The predicted molar refractivity (Wildman–Crippen MR) is 81.0 cm³/mol. The molecule has 0 heterocycles. The first-order valence-electron chi connectivity index (χ1n) is 6.58. The maximum atomic E-state index is 11.3. The van der Waals surface area contributed by atoms with E-state index in [1.54, 1.807) is 12.1 Å². The minimum atomic E-state index is -0.314. The molecule has 3 nitrogen and oxygen atoms in total. The number of hydrogen-bond acceptors (Lipinski definition) is 3. The summed E-state index contributed by atoms with van der Waals surface area (Å²) >= 11 is 0. The molecular weight excluding hydrogens is 250 g/mol. The third kappa shape index (κ3) is 3.38. The van der Waals surface area contributed by atoms with Crippen LogP contribution in [-0.4, -0.2) is 13.1 Å². The molecule has 0 aliphatic heterocycles. The van der Waals surface area contributed by atoms with E-state index in [-0.39, 0.29) is 5.97 Å². The summed E-state index contributed by atoms with van der Waals surface area (Å²) < 4.78 is 4.67. The van der Waals surface area contributed by atoms with Crippen LogP contribution in [0.3, 0.4) is 0 Å². The van der Waals surface area contributed by atoms with Crippen LogP contribution >= 0.6 is 0 Å². The van der Waals surface area contributed by atoms with Gasteiger partial charge in [-0.15, -0.1) is 0 Å². The lowest BCUT2D eigenvalue weighted by atomic mass is 10.1. The van der Waals surface area contributed by atoms with Gasteiger partial charge in [0.2, 0.25) is 0 Å². The Morgan fingerprint density at radius 3 is 2.35 bits per heavy atom. The molecule has 0 amide bonds. The molecule has 2 aromatic carbocycles. The summed E-state index contributed by atoms with van der Waals surface area (Å²) in [7, 11) is 1.38. The number of carbonyl (C=O) groups is 1. The minimum absolute atomic E-state index is 0.314. The molecule has 0 saturated carbocycles. The quantitative estimate of drug-likeness (QED) is 0.860. The zero-order chi connectivity index (χ0) is 14.5. The van der Waals surface area contributed by atoms with Gasteiger partial charge in [-0.3, -0.25) is 0 Å². The average molecular weight is 269 g/mol. The number of esters is 1. The Morgan fingerprint density at radius 1 is 1.05 bits per heavy atom. The highest BCUT2D eigenvalue weighted by molar-refractivity contribution is 5.89. The second-order valence-corrected chi connectivity index (χ2v) is 4.84. The largest absolute Gasteiger partial charge is 0.465 e. The lowest BCUT2D eigenvalue weighted by molar-refractivity contribution is 0.0601. The molecule has 3 heteroatoms. The summed E-state index contributed by atoms with van der Waals surface area (Å²) in [4.78, 5) is 11.3. The molecule has 0 radical (unpaired) electrons. The van der Waals surface area contributed by atoms with Crippen molar-refractivity contribution in [3.05, 3.63) is 64.7 Å². The number of methoxy groups -OCH3 is 1. The van der Waals surface area contributed by atoms with Gasteiger partial charge >= 0.3 is 5.97 Å². The van der Waals surface area contributed by atoms with E-state index in [1.807, 2.05) is 12.1 Å². The molecule has 0 fully saturated rings. The maximum Gasteiger partial charge on any atom is 0.337 e. The van der Waals surface area contributed by atoms with E-state index in [4.69, 9.17) is 0 Å². The average Bonchev–Trinajstić information content (AvgIpc) is 2.48. The minimum Gasteiger partial charge on any atom is -0.465 e. The van der Waals surface area contributed by atoms with Crippen molar-refractivity contribution in [1.29, 1.82) is 0 Å². The summed E-state index contributed by atoms with van der Waals surface area (Å²) in [6.45, 7) is 4.99. The second kappa shape index (κ2) is 6.24. The lowest BCUT2D eigenvalue weighted by Gasteiger charge is -2.09. The standard InChI is InChI=1S/C17H19NO2/c1-12-4-5-14(10-13(12)2)11-18-16-8-6-15(7-9-16)17(19)20-3/h4-10,18H,11H2,1-3H3. The summed E-state index contributed by atoms with van der Waals surface area (Å²) in [5, 5.41) is 3.34. The third-order valence-corrected chi connectivity index (χ3v) is 3.37. The first-order chi connectivity index (χ1) is 9.60. The number of carbonyl (C=O) groups excluding carboxylic acids is 1. The Morgan fingerprint density at radius 2 is 1.75 bits per heavy atom. The third-order valence-electron chi connectivity index (χ3n) is 3.37. The number of benzene rings is 2. The van der Waals surface area contributed by atoms with Crippen LogP contribution in [0.2, 0.25) is 0 Å². The van der Waals surface area contributed by atoms with Crippen LogP contribution in [0.4, 0.5) is 5.69 Å². The van der Waals surface area contributed by atoms with Crippen LogP contribution in [0.15, 0.2) is 42.5 Å². The first-order valence-corrected chi connectivity index (χ1v) is 6.58. The Bertz CT molecular complexity index is 603. The second-order valence-electron chi connectivity index (χ2n) is 4.84. The normalized spacial score (nSPS) is 10.2. The van der Waals surface area contributed by atoms with Crippen molar-refractivity contribution in [3.63, 3.8) is 0 Å². The Balaban J connectivity index is 2.00. The van der Waals surface area contributed by atoms with Crippen LogP contribution in [0.1, 0.15) is 27.0 Å². The molecular formula is C17H19NO2. The molecule has 0 aliphatic rings.